The SMILES string of the molecule is CN(C(=O)OC(C)(C)C)c1cc(CBr)ccn1.CN(C(=O)OC(C)(C)C)c1cc(CO)ccn1.COC(=O)c1ccnc(N(C)C(=O)OC(C)(C)C)c1.COC(=O)c1ccnc(NC(=O)OC(C)(C)C)c1. The van der Waals surface area contributed by atoms with Crippen LogP contribution in [-0.4, -0.2) is 119 Å². The zero-order valence-corrected chi connectivity index (χ0v) is 45.3. The van der Waals surface area contributed by atoms with Crippen LogP contribution in [0.25, 0.3) is 0 Å². The van der Waals surface area contributed by atoms with Crippen LogP contribution in [0.3, 0.4) is 0 Å². The molecule has 0 aliphatic heterocycles. The van der Waals surface area contributed by atoms with E-state index in [-0.39, 0.29) is 12.4 Å². The number of hydrogen-bond donors (Lipinski definition) is 2. The lowest BCUT2D eigenvalue weighted by Gasteiger charge is -2.24. The number of amides is 4. The number of anilines is 4. The highest BCUT2D eigenvalue weighted by Crippen LogP contribution is 2.20. The number of carbonyl (C=O) groups is 6. The molecule has 0 bridgehead atoms. The van der Waals surface area contributed by atoms with Gasteiger partial charge < -0.3 is 33.5 Å². The predicted octanol–water partition coefficient (Wildman–Crippen LogP) is 9.75. The summed E-state index contributed by atoms with van der Waals surface area (Å²) in [6.45, 7) is 21.4. The standard InChI is InChI=1S/C13H18N2O4.C12H17BrN2O2.C12H16N2O4.C12H18N2O3/c1-13(2,3)19-12(17)15(4)10-8-9(6-7-14-10)11(16)18-5;1-12(2,3)17-11(16)15(4)10-7-9(8-13)5-6-14-10;1-12(2,3)18-11(16)14-9-7-8(5-6-13-9)10(15)17-4;1-12(2,3)17-11(16)14(4)10-7-9(8-15)5-6-13-10/h6-8H,1-5H3;5-7H,8H2,1-4H3;5-7H,1-4H3,(H,13,14,16);5-7,15H,8H2,1-4H3. The second kappa shape index (κ2) is 28.0. The molecule has 0 aliphatic rings. The predicted molar refractivity (Wildman–Crippen MR) is 272 cm³/mol. The number of nitrogens with zero attached hydrogens (tertiary/aromatic N) is 7. The number of aliphatic hydroxyl groups is 1. The summed E-state index contributed by atoms with van der Waals surface area (Å²) in [6.07, 6.45) is 4.01. The minimum Gasteiger partial charge on any atom is -0.465 e. The Balaban J connectivity index is 0.000000474. The number of hydrogen-bond acceptors (Lipinski definition) is 17. The summed E-state index contributed by atoms with van der Waals surface area (Å²) in [7, 11) is 7.33. The number of alkyl halides is 1. The normalized spacial score (nSPS) is 10.9. The van der Waals surface area contributed by atoms with E-state index in [1.54, 1.807) is 101 Å². The number of aliphatic hydroxyl groups excluding tert-OH is 1. The molecular weight excluding hydrogens is 988 g/mol. The summed E-state index contributed by atoms with van der Waals surface area (Å²) in [5.74, 6) is 0.595. The lowest BCUT2D eigenvalue weighted by molar-refractivity contribution is 0.0576. The Labute approximate surface area is 424 Å². The van der Waals surface area contributed by atoms with Crippen LogP contribution in [0.4, 0.5) is 42.4 Å². The molecule has 4 aromatic rings. The fraction of sp³-hybridized carbons (Fsp3) is 0.469. The highest BCUT2D eigenvalue weighted by Gasteiger charge is 2.24. The minimum absolute atomic E-state index is 0.0856. The summed E-state index contributed by atoms with van der Waals surface area (Å²) in [4.78, 5) is 89.7. The molecule has 0 aliphatic carbocycles. The van der Waals surface area contributed by atoms with Gasteiger partial charge in [-0.2, -0.15) is 0 Å². The van der Waals surface area contributed by atoms with E-state index < -0.39 is 58.7 Å². The monoisotopic (exact) mass is 1060 g/mol. The number of ether oxygens (including phenoxy) is 6. The summed E-state index contributed by atoms with van der Waals surface area (Å²) < 4.78 is 29.9. The molecule has 0 aromatic carbocycles. The third-order valence-corrected chi connectivity index (χ3v) is 8.61. The Morgan fingerprint density at radius 1 is 0.521 bits per heavy atom. The van der Waals surface area contributed by atoms with Gasteiger partial charge in [-0.15, -0.1) is 0 Å². The lowest BCUT2D eigenvalue weighted by Crippen LogP contribution is -2.34. The van der Waals surface area contributed by atoms with Crippen LogP contribution in [0, 0.1) is 0 Å². The number of rotatable bonds is 8. The van der Waals surface area contributed by atoms with E-state index in [0.29, 0.717) is 34.1 Å². The van der Waals surface area contributed by atoms with E-state index in [1.807, 2.05) is 32.9 Å². The van der Waals surface area contributed by atoms with Gasteiger partial charge in [-0.25, -0.2) is 48.7 Å². The van der Waals surface area contributed by atoms with Crippen molar-refractivity contribution < 1.29 is 62.3 Å². The Hall–Kier alpha value is -6.94. The van der Waals surface area contributed by atoms with Crippen LogP contribution in [-0.2, 0) is 40.4 Å². The van der Waals surface area contributed by atoms with Gasteiger partial charge >= 0.3 is 36.3 Å². The number of methoxy groups -OCH3 is 2. The van der Waals surface area contributed by atoms with Crippen LogP contribution in [0.2, 0.25) is 0 Å². The number of halogens is 1. The summed E-state index contributed by atoms with van der Waals surface area (Å²) in [6, 6.07) is 13.0. The van der Waals surface area contributed by atoms with Gasteiger partial charge in [0.1, 0.15) is 45.7 Å². The Morgan fingerprint density at radius 3 is 1.23 bits per heavy atom. The Morgan fingerprint density at radius 2 is 0.859 bits per heavy atom. The zero-order valence-electron chi connectivity index (χ0n) is 43.7. The summed E-state index contributed by atoms with van der Waals surface area (Å²) in [5, 5.41) is 12.2. The molecule has 0 unspecified atom stereocenters. The van der Waals surface area contributed by atoms with Gasteiger partial charge in [0.25, 0.3) is 0 Å². The van der Waals surface area contributed by atoms with Gasteiger partial charge in [-0.3, -0.25) is 20.0 Å². The van der Waals surface area contributed by atoms with Crippen LogP contribution in [0.15, 0.2) is 73.3 Å². The van der Waals surface area contributed by atoms with Gasteiger partial charge in [-0.05, 0) is 143 Å². The van der Waals surface area contributed by atoms with E-state index in [0.717, 1.165) is 10.9 Å². The van der Waals surface area contributed by atoms with Crippen molar-refractivity contribution in [3.05, 3.63) is 95.6 Å². The van der Waals surface area contributed by atoms with Crippen molar-refractivity contribution in [1.82, 2.24) is 19.9 Å². The molecule has 0 atom stereocenters. The second-order valence-corrected chi connectivity index (χ2v) is 19.5. The molecule has 71 heavy (non-hydrogen) atoms. The molecule has 21 nitrogen and oxygen atoms in total. The molecule has 4 rings (SSSR count). The first-order valence-corrected chi connectivity index (χ1v) is 22.9. The van der Waals surface area contributed by atoms with E-state index in [4.69, 9.17) is 24.1 Å². The maximum Gasteiger partial charge on any atom is 0.415 e. The zero-order chi connectivity index (χ0) is 54.5. The molecule has 0 saturated heterocycles. The lowest BCUT2D eigenvalue weighted by atomic mass is 10.2. The van der Waals surface area contributed by atoms with Crippen LogP contribution in [0.1, 0.15) is 115 Å². The number of pyridine rings is 4. The maximum absolute atomic E-state index is 11.9. The van der Waals surface area contributed by atoms with Crippen molar-refractivity contribution >= 4 is 75.5 Å². The molecule has 4 aromatic heterocycles. The van der Waals surface area contributed by atoms with Crippen molar-refractivity contribution in [2.45, 2.75) is 117 Å². The quantitative estimate of drug-likeness (QED) is 0.0946. The fourth-order valence-electron chi connectivity index (χ4n) is 4.74. The van der Waals surface area contributed by atoms with Crippen molar-refractivity contribution in [3.8, 4) is 0 Å². The van der Waals surface area contributed by atoms with E-state index in [2.05, 4.69) is 50.7 Å². The minimum atomic E-state index is -0.628. The van der Waals surface area contributed by atoms with Gasteiger partial charge in [0, 0.05) is 51.3 Å². The molecule has 2 N–H and O–H groups in total. The van der Waals surface area contributed by atoms with E-state index in [9.17, 15) is 28.8 Å². The van der Waals surface area contributed by atoms with Crippen LogP contribution < -0.4 is 20.0 Å². The number of nitrogens with one attached hydrogen (secondary N) is 1. The van der Waals surface area contributed by atoms with E-state index in [1.165, 1.54) is 72.6 Å². The number of carbonyl (C=O) groups excluding carboxylic acids is 6. The van der Waals surface area contributed by atoms with Crippen LogP contribution >= 0.6 is 15.9 Å². The maximum atomic E-state index is 11.9. The smallest absolute Gasteiger partial charge is 0.415 e. The first-order chi connectivity index (χ1) is 32.7. The van der Waals surface area contributed by atoms with Crippen molar-refractivity contribution in [1.29, 1.82) is 0 Å². The average Bonchev–Trinajstić information content (AvgIpc) is 3.28. The van der Waals surface area contributed by atoms with Gasteiger partial charge in [0.15, 0.2) is 0 Å². The van der Waals surface area contributed by atoms with Gasteiger partial charge in [0.2, 0.25) is 0 Å². The first kappa shape index (κ1) is 62.1. The van der Waals surface area contributed by atoms with Crippen molar-refractivity contribution in [2.75, 3.05) is 55.4 Å². The Bertz CT molecular complexity index is 2320. The molecule has 0 fully saturated rings. The largest absolute Gasteiger partial charge is 0.465 e. The summed E-state index contributed by atoms with van der Waals surface area (Å²) in [5.41, 5.74) is 0.158. The molecule has 4 amide bonds. The molecule has 0 saturated carbocycles. The Kier molecular flexibility index (Phi) is 24.5. The molecule has 0 radical (unpaired) electrons. The van der Waals surface area contributed by atoms with Crippen molar-refractivity contribution in [2.24, 2.45) is 0 Å². The molecule has 22 heteroatoms. The topological polar surface area (TPSA) is 251 Å². The van der Waals surface area contributed by atoms with Crippen LogP contribution in [0.5, 0.6) is 0 Å². The third kappa shape index (κ3) is 25.0. The van der Waals surface area contributed by atoms with Gasteiger partial charge in [-0.1, -0.05) is 15.9 Å². The third-order valence-electron chi connectivity index (χ3n) is 7.97. The molecule has 4 heterocycles. The summed E-state index contributed by atoms with van der Waals surface area (Å²) >= 11 is 3.36. The highest BCUT2D eigenvalue weighted by atomic mass is 79.9. The number of esters is 2. The van der Waals surface area contributed by atoms with Gasteiger partial charge in [0.05, 0.1) is 32.0 Å². The molecular formula is C49H69BrN8O13. The fourth-order valence-corrected chi connectivity index (χ4v) is 5.09. The van der Waals surface area contributed by atoms with E-state index >= 15 is 0 Å². The average molecular weight is 1060 g/mol. The highest BCUT2D eigenvalue weighted by molar-refractivity contribution is 9.08. The molecule has 390 valence electrons. The van der Waals surface area contributed by atoms with Crippen molar-refractivity contribution in [3.63, 3.8) is 0 Å². The second-order valence-electron chi connectivity index (χ2n) is 18.9. The molecule has 0 spiro atoms. The number of aromatic nitrogens is 4. The first-order valence-electron chi connectivity index (χ1n) is 21.8.